The van der Waals surface area contributed by atoms with Crippen LogP contribution in [-0.4, -0.2) is 31.6 Å². The standard InChI is InChI=1S/C26H18Cl2F4N2O4S/c1-2-37-23-20(21(35)22(23)36)34-10-24(11-34)15-4-3-12(5-13(15)9-38-24)18-8-25(39-33-18,26(30,31)32)14-6-16(27)19(29)17(28)7-14/h3-7H,2,8-11H2,1H3. The number of benzene rings is 2. The largest absolute Gasteiger partial charge is 0.488 e. The van der Waals surface area contributed by atoms with Crippen LogP contribution in [0.1, 0.15) is 35.6 Å². The van der Waals surface area contributed by atoms with Gasteiger partial charge in [-0.05, 0) is 59.3 Å². The van der Waals surface area contributed by atoms with E-state index in [2.05, 4.69) is 4.40 Å². The Morgan fingerprint density at radius 3 is 2.46 bits per heavy atom. The van der Waals surface area contributed by atoms with Crippen LogP contribution in [0.4, 0.5) is 23.2 Å². The van der Waals surface area contributed by atoms with Gasteiger partial charge in [-0.15, -0.1) is 0 Å². The van der Waals surface area contributed by atoms with Crippen LogP contribution in [0.15, 0.2) is 44.3 Å². The zero-order valence-electron chi connectivity index (χ0n) is 20.1. The summed E-state index contributed by atoms with van der Waals surface area (Å²) in [5.74, 6) is -0.913. The second-order valence-electron chi connectivity index (χ2n) is 9.66. The molecule has 0 N–H and O–H groups in total. The van der Waals surface area contributed by atoms with Crippen LogP contribution in [0.25, 0.3) is 0 Å². The summed E-state index contributed by atoms with van der Waals surface area (Å²) in [6, 6.07) is 7.13. The number of halogens is 6. The average Bonchev–Trinajstić information content (AvgIpc) is 3.49. The fourth-order valence-electron chi connectivity index (χ4n) is 5.39. The minimum absolute atomic E-state index is 0.0690. The summed E-state index contributed by atoms with van der Waals surface area (Å²) in [5, 5.41) is -0.997. The van der Waals surface area contributed by atoms with Crippen LogP contribution in [0, 0.1) is 5.82 Å². The molecule has 0 aromatic heterocycles. The zero-order chi connectivity index (χ0) is 27.9. The third-order valence-electron chi connectivity index (χ3n) is 7.41. The number of ether oxygens (including phenoxy) is 2. The normalized spacial score (nSPS) is 21.8. The number of alkyl halides is 3. The molecule has 204 valence electrons. The van der Waals surface area contributed by atoms with Crippen LogP contribution < -0.4 is 20.5 Å². The van der Waals surface area contributed by atoms with Gasteiger partial charge in [-0.25, -0.2) is 8.79 Å². The van der Waals surface area contributed by atoms with Crippen LogP contribution >= 0.6 is 35.1 Å². The Hall–Kier alpha value is -2.60. The molecule has 0 bridgehead atoms. The highest BCUT2D eigenvalue weighted by Crippen LogP contribution is 2.57. The summed E-state index contributed by atoms with van der Waals surface area (Å²) in [6.07, 6.45) is -5.23. The lowest BCUT2D eigenvalue weighted by Gasteiger charge is -2.49. The van der Waals surface area contributed by atoms with Gasteiger partial charge in [0.15, 0.2) is 16.3 Å². The fraction of sp³-hybridized carbons (Fsp3) is 0.346. The van der Waals surface area contributed by atoms with E-state index in [1.807, 2.05) is 0 Å². The van der Waals surface area contributed by atoms with Crippen molar-refractivity contribution >= 4 is 46.5 Å². The van der Waals surface area contributed by atoms with Gasteiger partial charge in [0, 0.05) is 6.42 Å². The maximum absolute atomic E-state index is 14.4. The molecule has 3 aliphatic heterocycles. The number of hydrogen-bond donors (Lipinski definition) is 0. The Labute approximate surface area is 233 Å². The predicted molar refractivity (Wildman–Crippen MR) is 141 cm³/mol. The van der Waals surface area contributed by atoms with E-state index in [0.29, 0.717) is 30.6 Å². The van der Waals surface area contributed by atoms with E-state index >= 15 is 0 Å². The molecule has 6 nitrogen and oxygen atoms in total. The van der Waals surface area contributed by atoms with Crippen LogP contribution in [0.2, 0.25) is 10.0 Å². The summed E-state index contributed by atoms with van der Waals surface area (Å²) in [4.78, 5) is 25.7. The van der Waals surface area contributed by atoms with Crippen molar-refractivity contribution in [3.63, 3.8) is 0 Å². The summed E-state index contributed by atoms with van der Waals surface area (Å²) in [7, 11) is 0. The topological polar surface area (TPSA) is 68.2 Å². The van der Waals surface area contributed by atoms with Gasteiger partial charge in [-0.1, -0.05) is 35.3 Å². The first-order chi connectivity index (χ1) is 18.4. The molecular weight excluding hydrogens is 583 g/mol. The zero-order valence-corrected chi connectivity index (χ0v) is 22.5. The maximum Gasteiger partial charge on any atom is 0.409 e. The summed E-state index contributed by atoms with van der Waals surface area (Å²) in [6.45, 7) is 2.89. The van der Waals surface area contributed by atoms with Gasteiger partial charge in [0.25, 0.3) is 10.9 Å². The Balaban J connectivity index is 1.25. The average molecular weight is 601 g/mol. The number of anilines is 1. The lowest BCUT2D eigenvalue weighted by atomic mass is 9.83. The van der Waals surface area contributed by atoms with Gasteiger partial charge >= 0.3 is 6.18 Å². The summed E-state index contributed by atoms with van der Waals surface area (Å²) >= 11 is 12.0. The van der Waals surface area contributed by atoms with Gasteiger partial charge in [0.05, 0.1) is 42.1 Å². The molecule has 39 heavy (non-hydrogen) atoms. The maximum atomic E-state index is 14.4. The Bertz CT molecular complexity index is 1610. The molecule has 0 radical (unpaired) electrons. The van der Waals surface area contributed by atoms with E-state index in [9.17, 15) is 27.2 Å². The van der Waals surface area contributed by atoms with Gasteiger partial charge < -0.3 is 14.4 Å². The molecule has 0 amide bonds. The molecule has 1 atom stereocenters. The first-order valence-corrected chi connectivity index (χ1v) is 13.4. The highest BCUT2D eigenvalue weighted by molar-refractivity contribution is 7.99. The molecule has 1 unspecified atom stereocenters. The molecule has 3 aromatic rings. The fourth-order valence-corrected chi connectivity index (χ4v) is 6.84. The second-order valence-corrected chi connectivity index (χ2v) is 11.5. The van der Waals surface area contributed by atoms with Crippen LogP contribution in [0.5, 0.6) is 5.75 Å². The molecule has 1 saturated heterocycles. The Morgan fingerprint density at radius 2 is 1.82 bits per heavy atom. The van der Waals surface area contributed by atoms with E-state index in [-0.39, 0.29) is 35.9 Å². The van der Waals surface area contributed by atoms with Crippen molar-refractivity contribution in [2.24, 2.45) is 4.40 Å². The first-order valence-electron chi connectivity index (χ1n) is 11.9. The molecule has 13 heteroatoms. The Morgan fingerprint density at radius 1 is 1.13 bits per heavy atom. The van der Waals surface area contributed by atoms with E-state index in [4.69, 9.17) is 32.7 Å². The summed E-state index contributed by atoms with van der Waals surface area (Å²) in [5.41, 5.74) is 0.442. The van der Waals surface area contributed by atoms with Gasteiger partial charge in [-0.3, -0.25) is 9.59 Å². The van der Waals surface area contributed by atoms with Gasteiger partial charge in [0.1, 0.15) is 11.3 Å². The van der Waals surface area contributed by atoms with Crippen molar-refractivity contribution in [3.05, 3.63) is 88.9 Å². The molecule has 3 heterocycles. The number of nitrogens with zero attached hydrogens (tertiary/aromatic N) is 2. The molecular formula is C26H18Cl2F4N2O4S. The molecule has 1 spiro atoms. The quantitative estimate of drug-likeness (QED) is 0.163. The second kappa shape index (κ2) is 8.95. The molecule has 3 aromatic carbocycles. The minimum atomic E-state index is -4.73. The smallest absolute Gasteiger partial charge is 0.409 e. The molecule has 3 aliphatic rings. The lowest BCUT2D eigenvalue weighted by molar-refractivity contribution is -0.159. The molecule has 0 saturated carbocycles. The lowest BCUT2D eigenvalue weighted by Crippen LogP contribution is -2.62. The van der Waals surface area contributed by atoms with Crippen molar-refractivity contribution in [2.75, 3.05) is 24.6 Å². The number of rotatable bonds is 5. The van der Waals surface area contributed by atoms with Crippen molar-refractivity contribution in [2.45, 2.75) is 36.5 Å². The highest BCUT2D eigenvalue weighted by atomic mass is 35.5. The third kappa shape index (κ3) is 3.84. The van der Waals surface area contributed by atoms with E-state index in [0.717, 1.165) is 23.3 Å². The molecule has 6 rings (SSSR count). The molecule has 1 fully saturated rings. The van der Waals surface area contributed by atoms with Crippen molar-refractivity contribution in [3.8, 4) is 5.75 Å². The number of hydrogen-bond acceptors (Lipinski definition) is 7. The van der Waals surface area contributed by atoms with Crippen LogP contribution in [-0.2, 0) is 21.7 Å². The van der Waals surface area contributed by atoms with E-state index in [1.54, 1.807) is 30.0 Å². The van der Waals surface area contributed by atoms with Crippen molar-refractivity contribution in [1.29, 1.82) is 0 Å². The first kappa shape index (κ1) is 26.6. The van der Waals surface area contributed by atoms with E-state index in [1.165, 1.54) is 0 Å². The van der Waals surface area contributed by atoms with Crippen molar-refractivity contribution < 1.29 is 27.0 Å². The number of fused-ring (bicyclic) bond motifs is 2. The molecule has 0 aliphatic carbocycles. The summed E-state index contributed by atoms with van der Waals surface area (Å²) < 4.78 is 70.3. The predicted octanol–water partition coefficient (Wildman–Crippen LogP) is 5.67. The van der Waals surface area contributed by atoms with E-state index < -0.39 is 49.7 Å². The third-order valence-corrected chi connectivity index (χ3v) is 9.19. The van der Waals surface area contributed by atoms with Gasteiger partial charge in [-0.2, -0.15) is 13.2 Å². The van der Waals surface area contributed by atoms with Crippen molar-refractivity contribution in [1.82, 2.24) is 0 Å². The van der Waals surface area contributed by atoms with Gasteiger partial charge in [0.2, 0.25) is 0 Å². The van der Waals surface area contributed by atoms with Crippen LogP contribution in [0.3, 0.4) is 0 Å². The highest BCUT2D eigenvalue weighted by Gasteiger charge is 2.60. The monoisotopic (exact) mass is 600 g/mol. The minimum Gasteiger partial charge on any atom is -0.488 e. The Kier molecular flexibility index (Phi) is 6.11. The SMILES string of the molecule is CCOc1c(N2CC3(C2)OCc2cc(C4=NSC(c5cc(Cl)c(F)c(Cl)c5)(C(F)(F)F)C4)ccc23)c(=O)c1=O.